The van der Waals surface area contributed by atoms with Gasteiger partial charge in [0.15, 0.2) is 0 Å². The van der Waals surface area contributed by atoms with Gasteiger partial charge in [-0.3, -0.25) is 0 Å². The molecule has 1 aromatic rings. The summed E-state index contributed by atoms with van der Waals surface area (Å²) in [6.07, 6.45) is 0. The van der Waals surface area contributed by atoms with Crippen molar-refractivity contribution in [2.75, 3.05) is 0 Å². The van der Waals surface area contributed by atoms with Gasteiger partial charge in [-0.2, -0.15) is 0 Å². The first-order valence-electron chi connectivity index (χ1n) is 2.92. The van der Waals surface area contributed by atoms with Gasteiger partial charge < -0.3 is 0 Å². The molecule has 0 heterocycles. The van der Waals surface area contributed by atoms with Crippen LogP contribution in [0.5, 0.6) is 0 Å². The van der Waals surface area contributed by atoms with E-state index in [1.165, 1.54) is 0 Å². The van der Waals surface area contributed by atoms with Gasteiger partial charge in [-0.05, 0) is 5.56 Å². The maximum atomic E-state index is 12.0. The minimum absolute atomic E-state index is 0.127. The van der Waals surface area contributed by atoms with Crippen LogP contribution in [-0.4, -0.2) is 4.64 Å². The predicted octanol–water partition coefficient (Wildman–Crippen LogP) is 2.53. The van der Waals surface area contributed by atoms with Gasteiger partial charge in [-0.25, -0.2) is 0 Å². The SMILES string of the molecule is FN(Cl)Cc1ccccc1. The third kappa shape index (κ3) is 2.33. The molecule has 0 fully saturated rings. The molecule has 0 spiro atoms. The number of hydrogen-bond donors (Lipinski definition) is 0. The monoisotopic (exact) mass is 159 g/mol. The Morgan fingerprint density at radius 3 is 2.40 bits per heavy atom. The van der Waals surface area contributed by atoms with Gasteiger partial charge >= 0.3 is 0 Å². The summed E-state index contributed by atoms with van der Waals surface area (Å²) >= 11 is 4.98. The van der Waals surface area contributed by atoms with E-state index >= 15 is 0 Å². The van der Waals surface area contributed by atoms with Crippen molar-refractivity contribution in [3.63, 3.8) is 0 Å². The second kappa shape index (κ2) is 3.54. The highest BCUT2D eigenvalue weighted by atomic mass is 35.5. The van der Waals surface area contributed by atoms with E-state index in [4.69, 9.17) is 11.8 Å². The molecule has 54 valence electrons. The Morgan fingerprint density at radius 1 is 1.30 bits per heavy atom. The molecule has 0 aliphatic heterocycles. The fourth-order valence-corrected chi connectivity index (χ4v) is 0.859. The highest BCUT2D eigenvalue weighted by Crippen LogP contribution is 2.05. The lowest BCUT2D eigenvalue weighted by molar-refractivity contribution is 0.137. The second-order valence-electron chi connectivity index (χ2n) is 1.95. The molecule has 0 aromatic heterocycles. The highest BCUT2D eigenvalue weighted by Gasteiger charge is 1.96. The van der Waals surface area contributed by atoms with Crippen molar-refractivity contribution in [1.82, 2.24) is 4.64 Å². The molecule has 1 rings (SSSR count). The Morgan fingerprint density at radius 2 is 1.90 bits per heavy atom. The van der Waals surface area contributed by atoms with Gasteiger partial charge in [0.05, 0.1) is 6.54 Å². The van der Waals surface area contributed by atoms with E-state index in [0.29, 0.717) is 0 Å². The van der Waals surface area contributed by atoms with E-state index in [1.54, 1.807) is 0 Å². The summed E-state index contributed by atoms with van der Waals surface area (Å²) in [7, 11) is 0. The van der Waals surface area contributed by atoms with E-state index in [1.807, 2.05) is 30.3 Å². The molecule has 0 radical (unpaired) electrons. The number of halogens is 2. The molecular weight excluding hydrogens is 153 g/mol. The maximum absolute atomic E-state index is 12.0. The number of nitrogens with zero attached hydrogens (tertiary/aromatic N) is 1. The maximum Gasteiger partial charge on any atom is 0.0711 e. The lowest BCUT2D eigenvalue weighted by Gasteiger charge is -2.00. The van der Waals surface area contributed by atoms with Crippen LogP contribution >= 0.6 is 11.8 Å². The van der Waals surface area contributed by atoms with Crippen LogP contribution in [0, 0.1) is 0 Å². The summed E-state index contributed by atoms with van der Waals surface area (Å²) in [6, 6.07) is 9.19. The third-order valence-electron chi connectivity index (χ3n) is 1.14. The van der Waals surface area contributed by atoms with E-state index < -0.39 is 0 Å². The lowest BCUT2D eigenvalue weighted by atomic mass is 10.2. The minimum Gasteiger partial charge on any atom is -0.117 e. The molecule has 3 heteroatoms. The molecular formula is C7H7ClFN. The van der Waals surface area contributed by atoms with Gasteiger partial charge in [0.25, 0.3) is 0 Å². The number of rotatable bonds is 2. The van der Waals surface area contributed by atoms with Crippen molar-refractivity contribution in [2.45, 2.75) is 6.54 Å². The summed E-state index contributed by atoms with van der Waals surface area (Å²) in [5.74, 6) is 0. The van der Waals surface area contributed by atoms with Crippen LogP contribution < -0.4 is 0 Å². The Balaban J connectivity index is 2.59. The summed E-state index contributed by atoms with van der Waals surface area (Å²) in [6.45, 7) is 0.127. The first-order valence-corrected chi connectivity index (χ1v) is 3.26. The molecule has 0 saturated carbocycles. The van der Waals surface area contributed by atoms with E-state index in [9.17, 15) is 4.48 Å². The van der Waals surface area contributed by atoms with Crippen LogP contribution in [0.25, 0.3) is 0 Å². The molecule has 0 aliphatic rings. The van der Waals surface area contributed by atoms with Crippen LogP contribution in [0.1, 0.15) is 5.56 Å². The van der Waals surface area contributed by atoms with Crippen molar-refractivity contribution in [1.29, 1.82) is 0 Å². The zero-order valence-corrected chi connectivity index (χ0v) is 6.05. The largest absolute Gasteiger partial charge is 0.117 e. The topological polar surface area (TPSA) is 3.24 Å². The molecule has 0 bridgehead atoms. The molecule has 0 unspecified atom stereocenters. The summed E-state index contributed by atoms with van der Waals surface area (Å²) in [5, 5.41) is 0. The van der Waals surface area contributed by atoms with Crippen molar-refractivity contribution in [3.8, 4) is 0 Å². The molecule has 0 atom stereocenters. The molecule has 10 heavy (non-hydrogen) atoms. The van der Waals surface area contributed by atoms with Crippen LogP contribution in [0.2, 0.25) is 0 Å². The fraction of sp³-hybridized carbons (Fsp3) is 0.143. The summed E-state index contributed by atoms with van der Waals surface area (Å²) in [5.41, 5.74) is 0.861. The van der Waals surface area contributed by atoms with Gasteiger partial charge in [0, 0.05) is 11.8 Å². The van der Waals surface area contributed by atoms with Crippen LogP contribution in [0.4, 0.5) is 4.48 Å². The van der Waals surface area contributed by atoms with E-state index in [-0.39, 0.29) is 11.2 Å². The van der Waals surface area contributed by atoms with Gasteiger partial charge in [-0.15, -0.1) is 4.48 Å². The first kappa shape index (κ1) is 7.51. The van der Waals surface area contributed by atoms with Gasteiger partial charge in [-0.1, -0.05) is 35.0 Å². The Hall–Kier alpha value is -0.600. The second-order valence-corrected chi connectivity index (χ2v) is 2.31. The first-order chi connectivity index (χ1) is 4.79. The minimum atomic E-state index is 0.127. The summed E-state index contributed by atoms with van der Waals surface area (Å²) in [4.78, 5) is 0. The summed E-state index contributed by atoms with van der Waals surface area (Å²) < 4.78 is 12.1. The number of benzene rings is 1. The average molecular weight is 160 g/mol. The quantitative estimate of drug-likeness (QED) is 0.600. The number of hydrogen-bond acceptors (Lipinski definition) is 1. The van der Waals surface area contributed by atoms with Gasteiger partial charge in [0.1, 0.15) is 0 Å². The van der Waals surface area contributed by atoms with Crippen molar-refractivity contribution in [2.24, 2.45) is 0 Å². The van der Waals surface area contributed by atoms with E-state index in [0.717, 1.165) is 5.56 Å². The zero-order valence-electron chi connectivity index (χ0n) is 5.30. The molecule has 1 aromatic carbocycles. The van der Waals surface area contributed by atoms with Crippen LogP contribution in [0.3, 0.4) is 0 Å². The average Bonchev–Trinajstić information content (AvgIpc) is 1.88. The Bertz CT molecular complexity index is 188. The molecule has 0 saturated heterocycles. The van der Waals surface area contributed by atoms with Crippen molar-refractivity contribution in [3.05, 3.63) is 35.9 Å². The zero-order chi connectivity index (χ0) is 7.40. The van der Waals surface area contributed by atoms with Crippen LogP contribution in [0.15, 0.2) is 30.3 Å². The standard InChI is InChI=1S/C7H7ClFN/c8-10(9)6-7-4-2-1-3-5-7/h1-5H,6H2. The fourth-order valence-electron chi connectivity index (χ4n) is 0.721. The molecule has 1 nitrogen and oxygen atoms in total. The van der Waals surface area contributed by atoms with Crippen LogP contribution in [-0.2, 0) is 6.54 Å². The molecule has 0 amide bonds. The highest BCUT2D eigenvalue weighted by molar-refractivity contribution is 6.12. The van der Waals surface area contributed by atoms with Gasteiger partial charge in [0.2, 0.25) is 0 Å². The van der Waals surface area contributed by atoms with Crippen molar-refractivity contribution >= 4 is 11.8 Å². The molecule has 0 aliphatic carbocycles. The Kier molecular flexibility index (Phi) is 2.66. The lowest BCUT2D eigenvalue weighted by Crippen LogP contribution is -1.97. The third-order valence-corrected chi connectivity index (χ3v) is 1.26. The van der Waals surface area contributed by atoms with E-state index in [2.05, 4.69) is 0 Å². The smallest absolute Gasteiger partial charge is 0.0711 e. The molecule has 0 N–H and O–H groups in total. The Labute approximate surface area is 64.1 Å². The normalized spacial score (nSPS) is 10.3. The van der Waals surface area contributed by atoms with Crippen molar-refractivity contribution < 1.29 is 4.48 Å². The predicted molar refractivity (Wildman–Crippen MR) is 38.9 cm³/mol.